The minimum absolute atomic E-state index is 0.0806. The van der Waals surface area contributed by atoms with E-state index >= 15 is 0 Å². The number of benzene rings is 2. The van der Waals surface area contributed by atoms with Crippen LogP contribution in [0.4, 0.5) is 0 Å². The van der Waals surface area contributed by atoms with E-state index in [2.05, 4.69) is 20.7 Å². The summed E-state index contributed by atoms with van der Waals surface area (Å²) >= 11 is 16.1. The molecule has 1 N–H and O–H groups in total. The molecule has 0 saturated carbocycles. The predicted octanol–water partition coefficient (Wildman–Crippen LogP) is 5.41. The maximum Gasteiger partial charge on any atom is 0.243 e. The summed E-state index contributed by atoms with van der Waals surface area (Å²) in [7, 11) is -3.75. The van der Waals surface area contributed by atoms with Crippen LogP contribution in [0.15, 0.2) is 47.4 Å². The van der Waals surface area contributed by atoms with E-state index in [-0.39, 0.29) is 25.7 Å². The third kappa shape index (κ3) is 4.73. The van der Waals surface area contributed by atoms with Gasteiger partial charge in [-0.25, -0.2) is 13.1 Å². The van der Waals surface area contributed by atoms with Gasteiger partial charge in [0.15, 0.2) is 0 Å². The van der Waals surface area contributed by atoms with Gasteiger partial charge in [0.1, 0.15) is 4.90 Å². The fourth-order valence-electron chi connectivity index (χ4n) is 2.15. The van der Waals surface area contributed by atoms with Crippen molar-refractivity contribution in [2.24, 2.45) is 5.92 Å². The second-order valence-electron chi connectivity index (χ2n) is 5.83. The number of halogens is 3. The molecule has 0 aliphatic rings. The summed E-state index contributed by atoms with van der Waals surface area (Å²) in [6.07, 6.45) is 0. The first-order valence-electron chi connectivity index (χ1n) is 7.40. The summed E-state index contributed by atoms with van der Waals surface area (Å²) in [6.45, 7) is 4.16. The molecule has 0 amide bonds. The molecule has 2 rings (SSSR count). The molecule has 3 nitrogen and oxygen atoms in total. The number of rotatable bonds is 6. The molecule has 7 heteroatoms. The summed E-state index contributed by atoms with van der Waals surface area (Å²) in [5, 5.41) is 0.211. The largest absolute Gasteiger partial charge is 0.243 e. The molecule has 1 unspecified atom stereocenters. The number of hydrogen-bond donors (Lipinski definition) is 1. The zero-order valence-electron chi connectivity index (χ0n) is 13.3. The lowest BCUT2D eigenvalue weighted by Gasteiger charge is -2.16. The first-order valence-corrected chi connectivity index (χ1v) is 10.6. The van der Waals surface area contributed by atoms with E-state index in [0.29, 0.717) is 6.54 Å². The molecule has 0 aromatic heterocycles. The van der Waals surface area contributed by atoms with Gasteiger partial charge in [-0.05, 0) is 29.2 Å². The normalized spacial score (nSPS) is 13.2. The van der Waals surface area contributed by atoms with Gasteiger partial charge in [-0.3, -0.25) is 0 Å². The average Bonchev–Trinajstić information content (AvgIpc) is 2.52. The molecular formula is C17H18BrCl2NO2S. The van der Waals surface area contributed by atoms with E-state index < -0.39 is 10.0 Å². The Hall–Kier alpha value is -0.590. The number of hydrogen-bond acceptors (Lipinski definition) is 2. The fourth-order valence-corrected chi connectivity index (χ4v) is 5.16. The van der Waals surface area contributed by atoms with Crippen LogP contribution in [-0.2, 0) is 10.0 Å². The monoisotopic (exact) mass is 449 g/mol. The number of alkyl halides is 1. The Morgan fingerprint density at radius 2 is 1.58 bits per heavy atom. The van der Waals surface area contributed by atoms with Gasteiger partial charge in [0.25, 0.3) is 0 Å². The smallest absolute Gasteiger partial charge is 0.211 e. The Kier molecular flexibility index (Phi) is 6.74. The highest BCUT2D eigenvalue weighted by Gasteiger charge is 2.24. The van der Waals surface area contributed by atoms with Gasteiger partial charge < -0.3 is 0 Å². The third-order valence-electron chi connectivity index (χ3n) is 3.36. The standard InChI is InChI=1S/C17H18BrCl2NO2S/c1-11(2)10-21-24(22,23)17-14(19)8-13(9-15(17)20)16(18)12-6-4-3-5-7-12/h3-9,11,16,21H,10H2,1-2H3. The Labute approximate surface area is 161 Å². The van der Waals surface area contributed by atoms with Crippen LogP contribution >= 0.6 is 39.1 Å². The topological polar surface area (TPSA) is 46.2 Å². The van der Waals surface area contributed by atoms with Crippen molar-refractivity contribution < 1.29 is 8.42 Å². The minimum atomic E-state index is -3.75. The zero-order chi connectivity index (χ0) is 17.9. The average molecular weight is 451 g/mol. The minimum Gasteiger partial charge on any atom is -0.211 e. The first kappa shape index (κ1) is 19.7. The van der Waals surface area contributed by atoms with Gasteiger partial charge in [-0.2, -0.15) is 0 Å². The molecule has 130 valence electrons. The number of nitrogens with one attached hydrogen (secondary N) is 1. The summed E-state index contributed by atoms with van der Waals surface area (Å²) in [6, 6.07) is 13.0. The molecule has 0 radical (unpaired) electrons. The molecular weight excluding hydrogens is 433 g/mol. The maximum atomic E-state index is 12.4. The zero-order valence-corrected chi connectivity index (χ0v) is 17.2. The summed E-state index contributed by atoms with van der Waals surface area (Å²) in [4.78, 5) is -0.211. The molecule has 0 aliphatic carbocycles. The van der Waals surface area contributed by atoms with Crippen LogP contribution in [0.1, 0.15) is 29.8 Å². The van der Waals surface area contributed by atoms with Crippen LogP contribution in [0.5, 0.6) is 0 Å². The quantitative estimate of drug-likeness (QED) is 0.597. The summed E-state index contributed by atoms with van der Waals surface area (Å²) < 4.78 is 27.4. The van der Waals surface area contributed by atoms with Crippen molar-refractivity contribution in [3.8, 4) is 0 Å². The van der Waals surface area contributed by atoms with Gasteiger partial charge in [0, 0.05) is 6.54 Å². The van der Waals surface area contributed by atoms with Crippen LogP contribution in [-0.4, -0.2) is 15.0 Å². The van der Waals surface area contributed by atoms with Crippen molar-refractivity contribution in [3.05, 3.63) is 63.6 Å². The Bertz CT molecular complexity index is 788. The van der Waals surface area contributed by atoms with E-state index in [9.17, 15) is 8.42 Å². The van der Waals surface area contributed by atoms with Gasteiger partial charge in [-0.1, -0.05) is 83.3 Å². The highest BCUT2D eigenvalue weighted by atomic mass is 79.9. The van der Waals surface area contributed by atoms with E-state index in [1.54, 1.807) is 12.1 Å². The van der Waals surface area contributed by atoms with E-state index in [1.807, 2.05) is 44.2 Å². The predicted molar refractivity (Wildman–Crippen MR) is 104 cm³/mol. The van der Waals surface area contributed by atoms with Crippen molar-refractivity contribution in [3.63, 3.8) is 0 Å². The van der Waals surface area contributed by atoms with Crippen LogP contribution in [0.25, 0.3) is 0 Å². The van der Waals surface area contributed by atoms with Crippen LogP contribution in [0.2, 0.25) is 10.0 Å². The summed E-state index contributed by atoms with van der Waals surface area (Å²) in [5.41, 5.74) is 1.82. The SMILES string of the molecule is CC(C)CNS(=O)(=O)c1c(Cl)cc(C(Br)c2ccccc2)cc1Cl. The second kappa shape index (κ2) is 8.19. The molecule has 0 fully saturated rings. The Balaban J connectivity index is 2.39. The second-order valence-corrected chi connectivity index (χ2v) is 9.27. The first-order chi connectivity index (χ1) is 11.2. The fraction of sp³-hybridized carbons (Fsp3) is 0.294. The van der Waals surface area contributed by atoms with Crippen molar-refractivity contribution >= 4 is 49.2 Å². The molecule has 24 heavy (non-hydrogen) atoms. The van der Waals surface area contributed by atoms with E-state index in [1.165, 1.54) is 0 Å². The molecule has 0 bridgehead atoms. The maximum absolute atomic E-state index is 12.4. The molecule has 2 aromatic carbocycles. The van der Waals surface area contributed by atoms with E-state index in [4.69, 9.17) is 23.2 Å². The van der Waals surface area contributed by atoms with Crippen LogP contribution in [0, 0.1) is 5.92 Å². The third-order valence-corrected chi connectivity index (χ3v) is 6.76. The van der Waals surface area contributed by atoms with Gasteiger partial charge in [0.05, 0.1) is 14.9 Å². The van der Waals surface area contributed by atoms with Crippen LogP contribution < -0.4 is 4.72 Å². The van der Waals surface area contributed by atoms with Gasteiger partial charge >= 0.3 is 0 Å². The van der Waals surface area contributed by atoms with Crippen molar-refractivity contribution in [1.29, 1.82) is 0 Å². The highest BCUT2D eigenvalue weighted by Crippen LogP contribution is 2.37. The van der Waals surface area contributed by atoms with Crippen LogP contribution in [0.3, 0.4) is 0 Å². The lowest BCUT2D eigenvalue weighted by atomic mass is 10.1. The molecule has 2 aromatic rings. The number of sulfonamides is 1. The van der Waals surface area contributed by atoms with E-state index in [0.717, 1.165) is 11.1 Å². The van der Waals surface area contributed by atoms with Gasteiger partial charge in [0.2, 0.25) is 10.0 Å². The lowest BCUT2D eigenvalue weighted by Crippen LogP contribution is -2.28. The highest BCUT2D eigenvalue weighted by molar-refractivity contribution is 9.09. The molecule has 0 heterocycles. The van der Waals surface area contributed by atoms with Gasteiger partial charge in [-0.15, -0.1) is 0 Å². The van der Waals surface area contributed by atoms with Crippen molar-refractivity contribution in [2.45, 2.75) is 23.6 Å². The molecule has 0 spiro atoms. The molecule has 1 atom stereocenters. The molecule has 0 saturated heterocycles. The van der Waals surface area contributed by atoms with Crippen molar-refractivity contribution in [1.82, 2.24) is 4.72 Å². The molecule has 0 aliphatic heterocycles. The summed E-state index contributed by atoms with van der Waals surface area (Å²) in [5.74, 6) is 0.182. The lowest BCUT2D eigenvalue weighted by molar-refractivity contribution is 0.560. The Morgan fingerprint density at radius 3 is 2.08 bits per heavy atom. The van der Waals surface area contributed by atoms with Crippen molar-refractivity contribution in [2.75, 3.05) is 6.54 Å². The Morgan fingerprint density at radius 1 is 1.04 bits per heavy atom.